The van der Waals surface area contributed by atoms with E-state index in [-0.39, 0.29) is 18.5 Å². The van der Waals surface area contributed by atoms with Gasteiger partial charge in [0.25, 0.3) is 0 Å². The van der Waals surface area contributed by atoms with Crippen molar-refractivity contribution in [3.63, 3.8) is 0 Å². The smallest absolute Gasteiger partial charge is 0.335 e. The van der Waals surface area contributed by atoms with Crippen molar-refractivity contribution < 1.29 is 38.4 Å². The third-order valence-electron chi connectivity index (χ3n) is 4.17. The van der Waals surface area contributed by atoms with Crippen molar-refractivity contribution >= 4 is 23.9 Å². The summed E-state index contributed by atoms with van der Waals surface area (Å²) in [4.78, 5) is 36.6. The third-order valence-corrected chi connectivity index (χ3v) is 4.17. The highest BCUT2D eigenvalue weighted by Gasteiger charge is 2.41. The van der Waals surface area contributed by atoms with E-state index in [0.717, 1.165) is 4.90 Å². The van der Waals surface area contributed by atoms with Crippen molar-refractivity contribution in [3.05, 3.63) is 29.3 Å². The minimum Gasteiger partial charge on any atom is -0.497 e. The summed E-state index contributed by atoms with van der Waals surface area (Å²) >= 11 is 0. The number of carbonyl (C=O) groups excluding carboxylic acids is 3. The first-order chi connectivity index (χ1) is 13.3. The lowest BCUT2D eigenvalue weighted by molar-refractivity contribution is -0.155. The van der Waals surface area contributed by atoms with E-state index in [1.54, 1.807) is 18.2 Å². The molecule has 1 aliphatic rings. The highest BCUT2D eigenvalue weighted by atomic mass is 16.6. The van der Waals surface area contributed by atoms with Crippen LogP contribution in [-0.2, 0) is 23.9 Å². The predicted molar refractivity (Wildman–Crippen MR) is 97.4 cm³/mol. The van der Waals surface area contributed by atoms with Gasteiger partial charge in [0.1, 0.15) is 11.5 Å². The second-order valence-electron chi connectivity index (χ2n) is 6.09. The lowest BCUT2D eigenvalue weighted by Crippen LogP contribution is -2.40. The standard InChI is InChI=1S/C19H23NO8/c1-11(21)28-16-9-17(22)20(18(16)23)10-13(19(24)27-4)5-12-6-14(25-2)8-15(7-12)26-3/h5-8,16,18,23H,9-10H2,1-4H3/b13-5+/t16-,18-/m0/s1. The average Bonchev–Trinajstić information content (AvgIpc) is 2.92. The SMILES string of the molecule is COC(=O)/C(=C/c1cc(OC)cc(OC)c1)CN1C(=O)C[C@H](OC(C)=O)[C@@H]1O. The van der Waals surface area contributed by atoms with Crippen LogP contribution < -0.4 is 9.47 Å². The number of aliphatic hydroxyl groups is 1. The van der Waals surface area contributed by atoms with E-state index in [2.05, 4.69) is 0 Å². The van der Waals surface area contributed by atoms with Gasteiger partial charge in [-0.3, -0.25) is 9.59 Å². The fourth-order valence-corrected chi connectivity index (χ4v) is 2.84. The second-order valence-corrected chi connectivity index (χ2v) is 6.09. The summed E-state index contributed by atoms with van der Waals surface area (Å²) in [5.74, 6) is -0.690. The van der Waals surface area contributed by atoms with Crippen LogP contribution in [0.2, 0.25) is 0 Å². The molecule has 0 spiro atoms. The Balaban J connectivity index is 2.32. The van der Waals surface area contributed by atoms with E-state index >= 15 is 0 Å². The van der Waals surface area contributed by atoms with E-state index in [4.69, 9.17) is 18.9 Å². The Morgan fingerprint density at radius 1 is 1.18 bits per heavy atom. The molecule has 1 saturated heterocycles. The number of aliphatic hydroxyl groups excluding tert-OH is 1. The Bertz CT molecular complexity index is 766. The lowest BCUT2D eigenvalue weighted by atomic mass is 10.1. The molecule has 9 nitrogen and oxygen atoms in total. The maximum absolute atomic E-state index is 12.2. The molecule has 1 heterocycles. The molecule has 9 heteroatoms. The first kappa shape index (κ1) is 21.2. The number of amides is 1. The number of hydrogen-bond donors (Lipinski definition) is 1. The average molecular weight is 393 g/mol. The van der Waals surface area contributed by atoms with Gasteiger partial charge in [-0.15, -0.1) is 0 Å². The Morgan fingerprint density at radius 3 is 2.29 bits per heavy atom. The van der Waals surface area contributed by atoms with Crippen molar-refractivity contribution in [2.75, 3.05) is 27.9 Å². The summed E-state index contributed by atoms with van der Waals surface area (Å²) in [6.07, 6.45) is -0.997. The quantitative estimate of drug-likeness (QED) is 0.533. The molecule has 1 aromatic rings. The Morgan fingerprint density at radius 2 is 1.79 bits per heavy atom. The number of rotatable bonds is 7. The van der Waals surface area contributed by atoms with Crippen molar-refractivity contribution in [1.29, 1.82) is 0 Å². The predicted octanol–water partition coefficient (Wildman–Crippen LogP) is 0.743. The van der Waals surface area contributed by atoms with Crippen LogP contribution in [0.5, 0.6) is 11.5 Å². The number of nitrogens with zero attached hydrogens (tertiary/aromatic N) is 1. The van der Waals surface area contributed by atoms with Crippen LogP contribution in [0.25, 0.3) is 6.08 Å². The first-order valence-corrected chi connectivity index (χ1v) is 8.45. The number of ether oxygens (including phenoxy) is 4. The van der Waals surface area contributed by atoms with Crippen molar-refractivity contribution in [2.45, 2.75) is 25.7 Å². The van der Waals surface area contributed by atoms with Crippen molar-refractivity contribution in [3.8, 4) is 11.5 Å². The number of methoxy groups -OCH3 is 3. The molecule has 0 unspecified atom stereocenters. The number of likely N-dealkylation sites (tertiary alicyclic amines) is 1. The Hall–Kier alpha value is -3.07. The van der Waals surface area contributed by atoms with E-state index in [1.807, 2.05) is 0 Å². The Labute approximate surface area is 162 Å². The molecule has 28 heavy (non-hydrogen) atoms. The van der Waals surface area contributed by atoms with Gasteiger partial charge in [0, 0.05) is 13.0 Å². The lowest BCUT2D eigenvalue weighted by Gasteiger charge is -2.23. The molecule has 1 N–H and O–H groups in total. The van der Waals surface area contributed by atoms with E-state index < -0.39 is 30.2 Å². The summed E-state index contributed by atoms with van der Waals surface area (Å²) in [7, 11) is 4.21. The van der Waals surface area contributed by atoms with Gasteiger partial charge in [0.2, 0.25) is 5.91 Å². The zero-order valence-electron chi connectivity index (χ0n) is 16.1. The molecule has 0 radical (unpaired) electrons. The fourth-order valence-electron chi connectivity index (χ4n) is 2.84. The van der Waals surface area contributed by atoms with E-state index in [1.165, 1.54) is 34.3 Å². The normalized spacial score (nSPS) is 19.4. The highest BCUT2D eigenvalue weighted by Crippen LogP contribution is 2.26. The summed E-state index contributed by atoms with van der Waals surface area (Å²) in [6.45, 7) is 0.972. The number of esters is 2. The fraction of sp³-hybridized carbons (Fsp3) is 0.421. The van der Waals surface area contributed by atoms with Gasteiger partial charge in [0.05, 0.1) is 39.9 Å². The molecule has 1 amide bonds. The van der Waals surface area contributed by atoms with E-state index in [9.17, 15) is 19.5 Å². The summed E-state index contributed by atoms with van der Waals surface area (Å²) in [5.41, 5.74) is 0.697. The maximum Gasteiger partial charge on any atom is 0.335 e. The van der Waals surface area contributed by atoms with Crippen molar-refractivity contribution in [2.24, 2.45) is 0 Å². The summed E-state index contributed by atoms with van der Waals surface area (Å²) < 4.78 is 20.2. The topological polar surface area (TPSA) is 112 Å². The van der Waals surface area contributed by atoms with Crippen molar-refractivity contribution in [1.82, 2.24) is 4.90 Å². The van der Waals surface area contributed by atoms with Gasteiger partial charge in [-0.25, -0.2) is 4.79 Å². The zero-order valence-corrected chi connectivity index (χ0v) is 16.1. The van der Waals surface area contributed by atoms with Crippen LogP contribution in [0.3, 0.4) is 0 Å². The maximum atomic E-state index is 12.2. The van der Waals surface area contributed by atoms with Crippen LogP contribution in [0, 0.1) is 0 Å². The second kappa shape index (κ2) is 9.23. The van der Waals surface area contributed by atoms with Gasteiger partial charge in [0.15, 0.2) is 12.3 Å². The van der Waals surface area contributed by atoms with Gasteiger partial charge in [-0.05, 0) is 23.8 Å². The molecule has 1 fully saturated rings. The van der Waals surface area contributed by atoms with Gasteiger partial charge in [-0.1, -0.05) is 0 Å². The van der Waals surface area contributed by atoms with E-state index in [0.29, 0.717) is 17.1 Å². The molecule has 2 rings (SSSR count). The highest BCUT2D eigenvalue weighted by molar-refractivity contribution is 5.95. The molecule has 0 aromatic heterocycles. The Kier molecular flexibility index (Phi) is 7.00. The van der Waals surface area contributed by atoms with Gasteiger partial charge >= 0.3 is 11.9 Å². The van der Waals surface area contributed by atoms with Gasteiger partial charge < -0.3 is 29.0 Å². The molecular formula is C19H23NO8. The number of carbonyl (C=O) groups is 3. The molecule has 2 atom stereocenters. The largest absolute Gasteiger partial charge is 0.497 e. The third kappa shape index (κ3) is 5.01. The molecule has 0 bridgehead atoms. The molecular weight excluding hydrogens is 370 g/mol. The molecule has 0 aliphatic carbocycles. The summed E-state index contributed by atoms with van der Waals surface area (Å²) in [6, 6.07) is 5.03. The van der Waals surface area contributed by atoms with Crippen LogP contribution in [0.1, 0.15) is 18.9 Å². The minimum atomic E-state index is -1.36. The number of benzene rings is 1. The molecule has 0 saturated carbocycles. The van der Waals surface area contributed by atoms with Crippen LogP contribution >= 0.6 is 0 Å². The zero-order chi connectivity index (χ0) is 20.8. The van der Waals surface area contributed by atoms with Crippen LogP contribution in [-0.4, -0.2) is 68.1 Å². The minimum absolute atomic E-state index is 0.119. The molecule has 152 valence electrons. The van der Waals surface area contributed by atoms with Gasteiger partial charge in [-0.2, -0.15) is 0 Å². The van der Waals surface area contributed by atoms with Crippen LogP contribution in [0.4, 0.5) is 0 Å². The molecule has 1 aliphatic heterocycles. The number of hydrogen-bond acceptors (Lipinski definition) is 8. The monoisotopic (exact) mass is 393 g/mol. The van der Waals surface area contributed by atoms with Crippen LogP contribution in [0.15, 0.2) is 23.8 Å². The summed E-state index contributed by atoms with van der Waals surface area (Å²) in [5, 5.41) is 10.3. The molecule has 1 aromatic carbocycles. The first-order valence-electron chi connectivity index (χ1n) is 8.45.